The topological polar surface area (TPSA) is 63.5 Å². The summed E-state index contributed by atoms with van der Waals surface area (Å²) in [6.07, 6.45) is 3.66. The summed E-state index contributed by atoms with van der Waals surface area (Å²) in [7, 11) is 0. The summed E-state index contributed by atoms with van der Waals surface area (Å²) < 4.78 is 31.3. The van der Waals surface area contributed by atoms with Crippen molar-refractivity contribution in [1.29, 1.82) is 0 Å². The zero-order chi connectivity index (χ0) is 16.4. The molecule has 1 saturated heterocycles. The van der Waals surface area contributed by atoms with Gasteiger partial charge in [0.15, 0.2) is 5.65 Å². The van der Waals surface area contributed by atoms with Crippen LogP contribution in [-0.2, 0) is 0 Å². The number of ether oxygens (including phenoxy) is 1. The molecule has 6 nitrogen and oxygen atoms in total. The third-order valence-electron chi connectivity index (χ3n) is 4.00. The number of halogens is 2. The number of nitrogens with one attached hydrogen (secondary N) is 2. The second-order valence-electron chi connectivity index (χ2n) is 6.02. The second kappa shape index (κ2) is 6.66. The first kappa shape index (κ1) is 15.9. The van der Waals surface area contributed by atoms with E-state index in [0.29, 0.717) is 11.5 Å². The van der Waals surface area contributed by atoms with Gasteiger partial charge in [-0.2, -0.15) is 23.4 Å². The van der Waals surface area contributed by atoms with Crippen molar-refractivity contribution in [3.05, 3.63) is 17.8 Å². The molecule has 1 fully saturated rings. The fourth-order valence-corrected chi connectivity index (χ4v) is 2.79. The van der Waals surface area contributed by atoms with Gasteiger partial charge in [0.05, 0.1) is 6.20 Å². The Bertz CT molecular complexity index is 667. The normalized spacial score (nSPS) is 16.4. The third-order valence-corrected chi connectivity index (χ3v) is 4.00. The predicted molar refractivity (Wildman–Crippen MR) is 83.2 cm³/mol. The molecule has 0 unspecified atom stereocenters. The minimum Gasteiger partial charge on any atom is -0.417 e. The first-order chi connectivity index (χ1) is 11.0. The van der Waals surface area contributed by atoms with Crippen LogP contribution in [0.5, 0.6) is 5.88 Å². The molecule has 2 aromatic rings. The van der Waals surface area contributed by atoms with E-state index in [-0.39, 0.29) is 17.8 Å². The van der Waals surface area contributed by atoms with E-state index in [1.807, 2.05) is 13.8 Å². The molecule has 23 heavy (non-hydrogen) atoms. The minimum atomic E-state index is -2.90. The Hall–Kier alpha value is -1.96. The lowest BCUT2D eigenvalue weighted by Gasteiger charge is -2.25. The van der Waals surface area contributed by atoms with Crippen molar-refractivity contribution in [3.63, 3.8) is 0 Å². The van der Waals surface area contributed by atoms with Crippen molar-refractivity contribution in [3.8, 4) is 5.88 Å². The Balaban J connectivity index is 1.99. The van der Waals surface area contributed by atoms with Crippen molar-refractivity contribution in [2.75, 3.05) is 18.4 Å². The van der Waals surface area contributed by atoms with Gasteiger partial charge >= 0.3 is 6.61 Å². The molecule has 0 aliphatic carbocycles. The third kappa shape index (κ3) is 3.52. The molecule has 0 saturated carbocycles. The largest absolute Gasteiger partial charge is 0.417 e. The maximum Gasteiger partial charge on any atom is 0.388 e. The SMILES string of the molecule is CC(C)c1cnn2c(NC3CCNCC3)cc(OC(F)F)nc12. The smallest absolute Gasteiger partial charge is 0.388 e. The van der Waals surface area contributed by atoms with Gasteiger partial charge in [0.1, 0.15) is 5.82 Å². The Morgan fingerprint density at radius 3 is 2.74 bits per heavy atom. The van der Waals surface area contributed by atoms with Crippen LogP contribution >= 0.6 is 0 Å². The monoisotopic (exact) mass is 325 g/mol. The van der Waals surface area contributed by atoms with Crippen LogP contribution in [0, 0.1) is 0 Å². The van der Waals surface area contributed by atoms with Gasteiger partial charge in [0.25, 0.3) is 0 Å². The molecule has 0 amide bonds. The number of hydrogen-bond acceptors (Lipinski definition) is 5. The van der Waals surface area contributed by atoms with Crippen LogP contribution in [0.15, 0.2) is 12.3 Å². The van der Waals surface area contributed by atoms with Crippen LogP contribution in [0.25, 0.3) is 5.65 Å². The van der Waals surface area contributed by atoms with E-state index >= 15 is 0 Å². The maximum atomic E-state index is 12.6. The van der Waals surface area contributed by atoms with Gasteiger partial charge in [-0.25, -0.2) is 0 Å². The fourth-order valence-electron chi connectivity index (χ4n) is 2.79. The summed E-state index contributed by atoms with van der Waals surface area (Å²) >= 11 is 0. The highest BCUT2D eigenvalue weighted by atomic mass is 19.3. The molecule has 2 aromatic heterocycles. The molecule has 3 heterocycles. The van der Waals surface area contributed by atoms with E-state index in [1.54, 1.807) is 10.7 Å². The lowest BCUT2D eigenvalue weighted by atomic mass is 10.1. The van der Waals surface area contributed by atoms with E-state index in [4.69, 9.17) is 0 Å². The van der Waals surface area contributed by atoms with Gasteiger partial charge in [0, 0.05) is 17.7 Å². The molecule has 8 heteroatoms. The molecule has 0 atom stereocenters. The van der Waals surface area contributed by atoms with Gasteiger partial charge in [-0.3, -0.25) is 0 Å². The number of piperidine rings is 1. The molecule has 1 aliphatic heterocycles. The molecule has 3 rings (SSSR count). The van der Waals surface area contributed by atoms with E-state index in [1.165, 1.54) is 6.07 Å². The highest BCUT2D eigenvalue weighted by Crippen LogP contribution is 2.26. The number of hydrogen-bond donors (Lipinski definition) is 2. The average molecular weight is 325 g/mol. The highest BCUT2D eigenvalue weighted by molar-refractivity contribution is 5.57. The number of rotatable bonds is 5. The fraction of sp³-hybridized carbons (Fsp3) is 0.600. The zero-order valence-electron chi connectivity index (χ0n) is 13.2. The van der Waals surface area contributed by atoms with Crippen LogP contribution in [0.4, 0.5) is 14.6 Å². The first-order valence-corrected chi connectivity index (χ1v) is 7.85. The Morgan fingerprint density at radius 1 is 1.35 bits per heavy atom. The van der Waals surface area contributed by atoms with E-state index in [2.05, 4.69) is 25.5 Å². The summed E-state index contributed by atoms with van der Waals surface area (Å²) in [6.45, 7) is 2.99. The molecule has 0 bridgehead atoms. The van der Waals surface area contributed by atoms with Gasteiger partial charge < -0.3 is 15.4 Å². The van der Waals surface area contributed by atoms with Crippen molar-refractivity contribution >= 4 is 11.5 Å². The number of anilines is 1. The predicted octanol–water partition coefficient (Wildman–Crippen LogP) is 2.62. The quantitative estimate of drug-likeness (QED) is 0.885. The van der Waals surface area contributed by atoms with Gasteiger partial charge in [-0.1, -0.05) is 13.8 Å². The number of alkyl halides is 2. The van der Waals surface area contributed by atoms with Crippen molar-refractivity contribution < 1.29 is 13.5 Å². The zero-order valence-corrected chi connectivity index (χ0v) is 13.2. The summed E-state index contributed by atoms with van der Waals surface area (Å²) in [4.78, 5) is 4.20. The van der Waals surface area contributed by atoms with Crippen molar-refractivity contribution in [1.82, 2.24) is 19.9 Å². The molecular formula is C15H21F2N5O. The summed E-state index contributed by atoms with van der Waals surface area (Å²) in [5, 5.41) is 11.0. The van der Waals surface area contributed by atoms with Crippen molar-refractivity contribution in [2.24, 2.45) is 0 Å². The van der Waals surface area contributed by atoms with E-state index < -0.39 is 6.61 Å². The first-order valence-electron chi connectivity index (χ1n) is 7.85. The average Bonchev–Trinajstić information content (AvgIpc) is 2.92. The van der Waals surface area contributed by atoms with Crippen LogP contribution in [0.1, 0.15) is 38.2 Å². The van der Waals surface area contributed by atoms with Gasteiger partial charge in [-0.05, 0) is 31.8 Å². The van der Waals surface area contributed by atoms with E-state index in [0.717, 1.165) is 31.5 Å². The minimum absolute atomic E-state index is 0.0914. The molecule has 0 spiro atoms. The molecule has 126 valence electrons. The molecule has 0 radical (unpaired) electrons. The van der Waals surface area contributed by atoms with E-state index in [9.17, 15) is 8.78 Å². The second-order valence-corrected chi connectivity index (χ2v) is 6.02. The summed E-state index contributed by atoms with van der Waals surface area (Å²) in [6, 6.07) is 1.76. The summed E-state index contributed by atoms with van der Waals surface area (Å²) in [5.41, 5.74) is 1.45. The number of fused-ring (bicyclic) bond motifs is 1. The number of nitrogens with zero attached hydrogens (tertiary/aromatic N) is 3. The van der Waals surface area contributed by atoms with Crippen LogP contribution < -0.4 is 15.4 Å². The molecule has 2 N–H and O–H groups in total. The molecule has 1 aliphatic rings. The molecular weight excluding hydrogens is 304 g/mol. The Morgan fingerprint density at radius 2 is 2.09 bits per heavy atom. The van der Waals surface area contributed by atoms with Gasteiger partial charge in [-0.15, -0.1) is 0 Å². The van der Waals surface area contributed by atoms with Crippen LogP contribution in [-0.4, -0.2) is 40.3 Å². The van der Waals surface area contributed by atoms with Crippen LogP contribution in [0.3, 0.4) is 0 Å². The van der Waals surface area contributed by atoms with Gasteiger partial charge in [0.2, 0.25) is 5.88 Å². The summed E-state index contributed by atoms with van der Waals surface area (Å²) in [5.74, 6) is 0.726. The maximum absolute atomic E-state index is 12.6. The molecule has 0 aromatic carbocycles. The Kier molecular flexibility index (Phi) is 4.61. The Labute approximate surface area is 133 Å². The lowest BCUT2D eigenvalue weighted by Crippen LogP contribution is -2.35. The lowest BCUT2D eigenvalue weighted by molar-refractivity contribution is -0.0527. The number of aromatic nitrogens is 3. The standard InChI is InChI=1S/C15H21F2N5O/c1-9(2)11-8-19-22-12(20-10-3-5-18-6-4-10)7-13(21-14(11)22)23-15(16)17/h7-10,15,18,20H,3-6H2,1-2H3. The highest BCUT2D eigenvalue weighted by Gasteiger charge is 2.19. The van der Waals surface area contributed by atoms with Crippen molar-refractivity contribution in [2.45, 2.75) is 45.3 Å². The van der Waals surface area contributed by atoms with Crippen LogP contribution in [0.2, 0.25) is 0 Å².